The molecule has 0 N–H and O–H groups in total. The van der Waals surface area contributed by atoms with Crippen LogP contribution in [0.5, 0.6) is 0 Å². The third-order valence-electron chi connectivity index (χ3n) is 9.01. The van der Waals surface area contributed by atoms with Crippen molar-refractivity contribution in [2.24, 2.45) is 4.99 Å². The lowest BCUT2D eigenvalue weighted by atomic mass is 9.94. The van der Waals surface area contributed by atoms with E-state index < -0.39 is 0 Å². The largest absolute Gasteiger partial charge is 0.248 e. The number of aryl methyl sites for hydroxylation is 4. The van der Waals surface area contributed by atoms with Gasteiger partial charge >= 0.3 is 0 Å². The Morgan fingerprint density at radius 2 is 0.906 bits per heavy atom. The van der Waals surface area contributed by atoms with Crippen LogP contribution in [-0.2, 0) is 6.42 Å². The maximum Gasteiger partial charge on any atom is 0.159 e. The van der Waals surface area contributed by atoms with Crippen LogP contribution in [0.4, 0.5) is 0 Å². The first-order valence-electron chi connectivity index (χ1n) is 17.8. The van der Waals surface area contributed by atoms with Crippen LogP contribution in [0.3, 0.4) is 0 Å². The minimum absolute atomic E-state index is 0.677. The van der Waals surface area contributed by atoms with Crippen LogP contribution in [0.1, 0.15) is 39.5 Å². The van der Waals surface area contributed by atoms with E-state index in [9.17, 15) is 0 Å². The van der Waals surface area contributed by atoms with Crippen LogP contribution < -0.4 is 0 Å². The molecule has 0 saturated carbocycles. The summed E-state index contributed by atoms with van der Waals surface area (Å²) < 4.78 is 0. The van der Waals surface area contributed by atoms with Crippen molar-refractivity contribution in [2.45, 2.75) is 34.1 Å². The molecule has 53 heavy (non-hydrogen) atoms. The van der Waals surface area contributed by atoms with E-state index in [1.807, 2.05) is 82.3 Å². The molecule has 0 atom stereocenters. The zero-order valence-corrected chi connectivity index (χ0v) is 30.6. The quantitative estimate of drug-likeness (QED) is 0.134. The first-order chi connectivity index (χ1) is 25.8. The molecular formula is C48H41N5. The molecule has 0 aliphatic rings. The molecule has 0 radical (unpaired) electrons. The van der Waals surface area contributed by atoms with Gasteiger partial charge in [-0.25, -0.2) is 24.9 Å². The summed E-state index contributed by atoms with van der Waals surface area (Å²) in [7, 11) is 0. The summed E-state index contributed by atoms with van der Waals surface area (Å²) in [6.07, 6.45) is 4.72. The van der Waals surface area contributed by atoms with Crippen molar-refractivity contribution in [1.82, 2.24) is 19.9 Å². The van der Waals surface area contributed by atoms with E-state index in [0.29, 0.717) is 6.42 Å². The smallest absolute Gasteiger partial charge is 0.159 e. The van der Waals surface area contributed by atoms with E-state index in [1.165, 1.54) is 5.56 Å². The normalized spacial score (nSPS) is 11.8. The first kappa shape index (κ1) is 34.8. The Labute approximate surface area is 312 Å². The molecule has 0 saturated heterocycles. The summed E-state index contributed by atoms with van der Waals surface area (Å²) in [6.45, 7) is 12.1. The molecule has 0 bridgehead atoms. The summed E-state index contributed by atoms with van der Waals surface area (Å²) in [4.78, 5) is 23.9. The van der Waals surface area contributed by atoms with Crippen molar-refractivity contribution >= 4 is 11.4 Å². The van der Waals surface area contributed by atoms with E-state index >= 15 is 0 Å². The molecule has 5 heteroatoms. The predicted octanol–water partition coefficient (Wildman–Crippen LogP) is 11.4. The van der Waals surface area contributed by atoms with Crippen molar-refractivity contribution in [3.05, 3.63) is 198 Å². The van der Waals surface area contributed by atoms with Gasteiger partial charge in [0.05, 0.1) is 11.4 Å². The number of benzene rings is 5. The lowest BCUT2D eigenvalue weighted by Crippen LogP contribution is -1.97. The molecule has 5 aromatic carbocycles. The van der Waals surface area contributed by atoms with Gasteiger partial charge in [0.2, 0.25) is 0 Å². The van der Waals surface area contributed by atoms with Crippen LogP contribution in [0.25, 0.3) is 50.7 Å². The number of hydrogen-bond acceptors (Lipinski definition) is 5. The lowest BCUT2D eigenvalue weighted by Gasteiger charge is -2.12. The molecule has 2 heterocycles. The monoisotopic (exact) mass is 687 g/mol. The minimum Gasteiger partial charge on any atom is -0.248 e. The number of rotatable bonds is 10. The van der Waals surface area contributed by atoms with Gasteiger partial charge in [0.25, 0.3) is 0 Å². The van der Waals surface area contributed by atoms with Gasteiger partial charge in [-0.2, -0.15) is 0 Å². The summed E-state index contributed by atoms with van der Waals surface area (Å²) >= 11 is 0. The number of nitrogens with zero attached hydrogens (tertiary/aromatic N) is 5. The van der Waals surface area contributed by atoms with Gasteiger partial charge in [-0.15, -0.1) is 0 Å². The van der Waals surface area contributed by atoms with Gasteiger partial charge in [0.1, 0.15) is 0 Å². The Kier molecular flexibility index (Phi) is 10.4. The highest BCUT2D eigenvalue weighted by atomic mass is 14.9. The maximum absolute atomic E-state index is 5.15. The second-order valence-corrected chi connectivity index (χ2v) is 13.2. The molecule has 0 unspecified atom stereocenters. The molecule has 0 amide bonds. The fourth-order valence-corrected chi connectivity index (χ4v) is 6.49. The second-order valence-electron chi connectivity index (χ2n) is 13.2. The van der Waals surface area contributed by atoms with Gasteiger partial charge in [0.15, 0.2) is 11.6 Å². The van der Waals surface area contributed by atoms with Gasteiger partial charge in [-0.3, -0.25) is 0 Å². The van der Waals surface area contributed by atoms with Gasteiger partial charge < -0.3 is 0 Å². The standard InChI is InChI=1S/C48H41N5/c1-6-45(39-13-9-7-10-14-39)53-46(40-15-11-8-12-16-40)26-17-36-29-43(37-18-22-41(23-19-37)47-49-32(2)27-33(3)50-47)31-44(30-36)38-20-24-42(25-21-38)48-51-34(4)28-35(5)52-48/h6-16,18-31H,1,17H2,2-5H3/b46-26-,53-45+. The highest BCUT2D eigenvalue weighted by molar-refractivity contribution is 6.10. The van der Waals surface area contributed by atoms with Crippen molar-refractivity contribution in [1.29, 1.82) is 0 Å². The molecule has 0 aliphatic carbocycles. The maximum atomic E-state index is 5.15. The molecule has 7 aromatic rings. The molecule has 0 fully saturated rings. The summed E-state index contributed by atoms with van der Waals surface area (Å²) in [5, 5.41) is 0. The topological polar surface area (TPSA) is 63.9 Å². The van der Waals surface area contributed by atoms with E-state index in [-0.39, 0.29) is 0 Å². The van der Waals surface area contributed by atoms with Crippen molar-refractivity contribution in [3.63, 3.8) is 0 Å². The number of hydrogen-bond donors (Lipinski definition) is 0. The van der Waals surface area contributed by atoms with E-state index in [0.717, 1.165) is 90.3 Å². The summed E-state index contributed by atoms with van der Waals surface area (Å²) in [5.41, 5.74) is 15.3. The average molecular weight is 688 g/mol. The van der Waals surface area contributed by atoms with Crippen LogP contribution >= 0.6 is 0 Å². The second kappa shape index (κ2) is 15.7. The summed E-state index contributed by atoms with van der Waals surface area (Å²) in [6, 6.07) is 48.4. The van der Waals surface area contributed by atoms with E-state index in [4.69, 9.17) is 4.99 Å². The fraction of sp³-hybridized carbons (Fsp3) is 0.104. The number of aromatic nitrogens is 4. The van der Waals surface area contributed by atoms with E-state index in [1.54, 1.807) is 0 Å². The Morgan fingerprint density at radius 3 is 1.34 bits per heavy atom. The fourth-order valence-electron chi connectivity index (χ4n) is 6.49. The molecule has 258 valence electrons. The lowest BCUT2D eigenvalue weighted by molar-refractivity contribution is 1.06. The third-order valence-corrected chi connectivity index (χ3v) is 9.01. The van der Waals surface area contributed by atoms with Crippen LogP contribution in [0.15, 0.2) is 163 Å². The Morgan fingerprint density at radius 1 is 0.491 bits per heavy atom. The van der Waals surface area contributed by atoms with Crippen molar-refractivity contribution in [3.8, 4) is 45.0 Å². The Bertz CT molecular complexity index is 2290. The zero-order valence-electron chi connectivity index (χ0n) is 30.6. The highest BCUT2D eigenvalue weighted by Crippen LogP contribution is 2.32. The first-order valence-corrected chi connectivity index (χ1v) is 17.8. The predicted molar refractivity (Wildman–Crippen MR) is 220 cm³/mol. The number of aliphatic imine (C=N–C) groups is 1. The van der Waals surface area contributed by atoms with Gasteiger partial charge in [-0.1, -0.05) is 134 Å². The highest BCUT2D eigenvalue weighted by Gasteiger charge is 2.11. The minimum atomic E-state index is 0.677. The van der Waals surface area contributed by atoms with E-state index in [2.05, 4.69) is 124 Å². The molecule has 5 nitrogen and oxygen atoms in total. The Balaban J connectivity index is 1.30. The zero-order chi connectivity index (χ0) is 36.7. The third kappa shape index (κ3) is 8.49. The van der Waals surface area contributed by atoms with Crippen LogP contribution in [-0.4, -0.2) is 25.6 Å². The van der Waals surface area contributed by atoms with Crippen molar-refractivity contribution in [2.75, 3.05) is 0 Å². The average Bonchev–Trinajstić information content (AvgIpc) is 3.18. The Hall–Kier alpha value is -6.59. The van der Waals surface area contributed by atoms with Crippen LogP contribution in [0, 0.1) is 27.7 Å². The number of allylic oxidation sites excluding steroid dienone is 2. The van der Waals surface area contributed by atoms with Crippen molar-refractivity contribution < 1.29 is 0 Å². The molecule has 7 rings (SSSR count). The molecule has 0 aliphatic heterocycles. The van der Waals surface area contributed by atoms with Gasteiger partial charge in [-0.05, 0) is 91.8 Å². The molecule has 0 spiro atoms. The SMILES string of the molecule is C=C/C(=N\C(=C/Cc1cc(-c2ccc(-c3nc(C)cc(C)n3)cc2)cc(-c2ccc(-c3nc(C)cc(C)n3)cc2)c1)c1ccccc1)c1ccccc1. The van der Waals surface area contributed by atoms with Gasteiger partial charge in [0, 0.05) is 39.5 Å². The summed E-state index contributed by atoms with van der Waals surface area (Å²) in [5.74, 6) is 1.48. The van der Waals surface area contributed by atoms with Crippen LogP contribution in [0.2, 0.25) is 0 Å². The molecular weight excluding hydrogens is 647 g/mol. The molecule has 2 aromatic heterocycles.